The molecule has 0 aliphatic heterocycles. The number of ether oxygens (including phenoxy) is 2. The number of carbonyl (C=O) groups excluding carboxylic acids is 3. The van der Waals surface area contributed by atoms with Crippen molar-refractivity contribution in [2.75, 3.05) is 20.0 Å². The van der Waals surface area contributed by atoms with Crippen molar-refractivity contribution in [3.8, 4) is 11.5 Å². The van der Waals surface area contributed by atoms with E-state index >= 15 is 0 Å². The van der Waals surface area contributed by atoms with E-state index in [1.54, 1.807) is 43.4 Å². The average molecular weight is 535 g/mol. The van der Waals surface area contributed by atoms with Gasteiger partial charge in [0.25, 0.3) is 0 Å². The zero-order valence-corrected chi connectivity index (χ0v) is 22.2. The van der Waals surface area contributed by atoms with Gasteiger partial charge in [0.05, 0.1) is 38.2 Å². The maximum absolute atomic E-state index is 13.0. The number of benzene rings is 1. The molecule has 36 heavy (non-hydrogen) atoms. The molecule has 2 rings (SSSR count). The van der Waals surface area contributed by atoms with Gasteiger partial charge in [0.1, 0.15) is 17.5 Å². The number of thioether (sulfide) groups is 1. The first-order valence-electron chi connectivity index (χ1n) is 11.0. The molecule has 0 unspecified atom stereocenters. The van der Waals surface area contributed by atoms with Crippen LogP contribution in [0.25, 0.3) is 0 Å². The second-order valence-corrected chi connectivity index (χ2v) is 10.0. The Morgan fingerprint density at radius 1 is 1.14 bits per heavy atom. The Morgan fingerprint density at radius 2 is 1.89 bits per heavy atom. The molecule has 194 valence electrons. The van der Waals surface area contributed by atoms with E-state index in [1.165, 1.54) is 26.0 Å². The number of carboxylic acid groups (broad SMARTS) is 1. The van der Waals surface area contributed by atoms with Gasteiger partial charge in [-0.1, -0.05) is 19.9 Å². The number of carbonyl (C=O) groups is 4. The summed E-state index contributed by atoms with van der Waals surface area (Å²) >= 11 is 2.87. The van der Waals surface area contributed by atoms with Crippen LogP contribution in [-0.4, -0.2) is 54.7 Å². The number of aliphatic carboxylic acids is 1. The van der Waals surface area contributed by atoms with E-state index in [0.29, 0.717) is 28.9 Å². The Balaban J connectivity index is 2.07. The maximum Gasteiger partial charge on any atom is 0.330 e. The summed E-state index contributed by atoms with van der Waals surface area (Å²) in [6, 6.07) is 7.90. The molecule has 0 bridgehead atoms. The molecule has 1 aromatic heterocycles. The van der Waals surface area contributed by atoms with Crippen LogP contribution in [-0.2, 0) is 31.4 Å². The number of amides is 2. The van der Waals surface area contributed by atoms with Crippen LogP contribution in [0.15, 0.2) is 47.5 Å². The first-order valence-corrected chi connectivity index (χ1v) is 13.1. The van der Waals surface area contributed by atoms with E-state index in [1.807, 2.05) is 17.5 Å². The number of ketones is 1. The van der Waals surface area contributed by atoms with Crippen molar-refractivity contribution in [1.82, 2.24) is 10.6 Å². The van der Waals surface area contributed by atoms with Crippen LogP contribution in [0.5, 0.6) is 11.5 Å². The van der Waals surface area contributed by atoms with Gasteiger partial charge in [0, 0.05) is 16.2 Å². The van der Waals surface area contributed by atoms with Gasteiger partial charge >= 0.3 is 5.97 Å². The SMILES string of the molecule is COc1ccc(OC)c(CC(=O)N[C@H](C(=O)N/C(=C/C(=O)O)C(=O)CSCc2cccs2)C(C)C)c1. The van der Waals surface area contributed by atoms with Gasteiger partial charge in [-0.05, 0) is 35.6 Å². The fraction of sp³-hybridized carbons (Fsp3) is 0.360. The van der Waals surface area contributed by atoms with Crippen LogP contribution in [0.2, 0.25) is 0 Å². The van der Waals surface area contributed by atoms with Crippen molar-refractivity contribution in [2.45, 2.75) is 32.1 Å². The minimum absolute atomic E-state index is 0.00830. The third kappa shape index (κ3) is 9.04. The molecule has 3 N–H and O–H groups in total. The van der Waals surface area contributed by atoms with E-state index in [4.69, 9.17) is 9.47 Å². The highest BCUT2D eigenvalue weighted by atomic mass is 32.2. The number of rotatable bonds is 14. The number of methoxy groups -OCH3 is 2. The minimum Gasteiger partial charge on any atom is -0.497 e. The molecule has 0 aliphatic carbocycles. The van der Waals surface area contributed by atoms with Crippen molar-refractivity contribution in [2.24, 2.45) is 5.92 Å². The van der Waals surface area contributed by atoms with Crippen LogP contribution in [0.4, 0.5) is 0 Å². The summed E-state index contributed by atoms with van der Waals surface area (Å²) in [5, 5.41) is 16.2. The number of allylic oxidation sites excluding steroid dienone is 1. The second kappa shape index (κ2) is 14.3. The summed E-state index contributed by atoms with van der Waals surface area (Å²) in [6.07, 6.45) is 0.596. The maximum atomic E-state index is 13.0. The van der Waals surface area contributed by atoms with Crippen molar-refractivity contribution in [1.29, 1.82) is 0 Å². The van der Waals surface area contributed by atoms with Crippen molar-refractivity contribution >= 4 is 46.7 Å². The van der Waals surface area contributed by atoms with Crippen LogP contribution >= 0.6 is 23.1 Å². The molecule has 0 saturated heterocycles. The summed E-state index contributed by atoms with van der Waals surface area (Å²) in [6.45, 7) is 3.46. The van der Waals surface area contributed by atoms with Gasteiger partial charge in [0.2, 0.25) is 11.8 Å². The quantitative estimate of drug-likeness (QED) is 0.315. The molecule has 1 atom stereocenters. The van der Waals surface area contributed by atoms with Crippen LogP contribution < -0.4 is 20.1 Å². The van der Waals surface area contributed by atoms with Crippen LogP contribution in [0.3, 0.4) is 0 Å². The predicted octanol–water partition coefficient (Wildman–Crippen LogP) is 3.04. The van der Waals surface area contributed by atoms with Crippen molar-refractivity contribution in [3.63, 3.8) is 0 Å². The summed E-state index contributed by atoms with van der Waals surface area (Å²) < 4.78 is 10.5. The van der Waals surface area contributed by atoms with E-state index in [0.717, 1.165) is 4.88 Å². The summed E-state index contributed by atoms with van der Waals surface area (Å²) in [5.74, 6) is -1.72. The van der Waals surface area contributed by atoms with Gasteiger partial charge in [-0.3, -0.25) is 14.4 Å². The highest BCUT2D eigenvalue weighted by Gasteiger charge is 2.27. The third-order valence-corrected chi connectivity index (χ3v) is 7.03. The monoisotopic (exact) mass is 534 g/mol. The van der Waals surface area contributed by atoms with Crippen LogP contribution in [0, 0.1) is 5.92 Å². The predicted molar refractivity (Wildman–Crippen MR) is 139 cm³/mol. The molecule has 0 saturated carbocycles. The first-order chi connectivity index (χ1) is 17.1. The van der Waals surface area contributed by atoms with Gasteiger partial charge < -0.3 is 25.2 Å². The Bertz CT molecular complexity index is 1100. The number of hydrogen-bond donors (Lipinski definition) is 3. The molecule has 11 heteroatoms. The molecule has 0 spiro atoms. The first kappa shape index (κ1) is 28.9. The topological polar surface area (TPSA) is 131 Å². The lowest BCUT2D eigenvalue weighted by Gasteiger charge is -2.22. The standard InChI is InChI=1S/C25H30N2O7S2/c1-15(2)24(27-22(29)11-16-10-17(33-3)7-8-21(16)34-4)25(32)26-19(12-23(30)31)20(28)14-35-13-18-6-5-9-36-18/h5-10,12,15,24H,11,13-14H2,1-4H3,(H,26,32)(H,27,29)(H,30,31)/b19-12+/t24-/m0/s1. The number of hydrogen-bond acceptors (Lipinski definition) is 8. The minimum atomic E-state index is -1.36. The lowest BCUT2D eigenvalue weighted by Crippen LogP contribution is -2.50. The van der Waals surface area contributed by atoms with Gasteiger partial charge in [-0.25, -0.2) is 4.79 Å². The number of nitrogens with one attached hydrogen (secondary N) is 2. The normalized spacial score (nSPS) is 12.1. The highest BCUT2D eigenvalue weighted by molar-refractivity contribution is 7.99. The van der Waals surface area contributed by atoms with Crippen molar-refractivity contribution < 1.29 is 33.8 Å². The molecule has 1 heterocycles. The summed E-state index contributed by atoms with van der Waals surface area (Å²) in [5.41, 5.74) is 0.238. The van der Waals surface area contributed by atoms with Crippen molar-refractivity contribution in [3.05, 3.63) is 57.9 Å². The molecular formula is C25H30N2O7S2. The number of thiophene rings is 1. The summed E-state index contributed by atoms with van der Waals surface area (Å²) in [4.78, 5) is 50.8. The molecule has 2 amide bonds. The lowest BCUT2D eigenvalue weighted by atomic mass is 10.0. The van der Waals surface area contributed by atoms with Gasteiger partial charge in [0.15, 0.2) is 5.78 Å². The van der Waals surface area contributed by atoms with E-state index in [9.17, 15) is 24.3 Å². The number of carboxylic acids is 1. The average Bonchev–Trinajstić information content (AvgIpc) is 3.35. The highest BCUT2D eigenvalue weighted by Crippen LogP contribution is 2.24. The largest absolute Gasteiger partial charge is 0.497 e. The van der Waals surface area contributed by atoms with E-state index in [-0.39, 0.29) is 23.8 Å². The van der Waals surface area contributed by atoms with Crippen LogP contribution in [0.1, 0.15) is 24.3 Å². The Hall–Kier alpha value is -3.31. The summed E-state index contributed by atoms with van der Waals surface area (Å²) in [7, 11) is 2.99. The van der Waals surface area contributed by atoms with E-state index in [2.05, 4.69) is 10.6 Å². The molecule has 0 fully saturated rings. The molecule has 1 aromatic carbocycles. The molecular weight excluding hydrogens is 504 g/mol. The number of Topliss-reactive ketones (excluding diaryl/α,β-unsaturated/α-hetero) is 1. The molecule has 0 aliphatic rings. The Kier molecular flexibility index (Phi) is 11.5. The van der Waals surface area contributed by atoms with Gasteiger partial charge in [-0.2, -0.15) is 0 Å². The zero-order chi connectivity index (χ0) is 26.7. The molecule has 9 nitrogen and oxygen atoms in total. The van der Waals surface area contributed by atoms with E-state index < -0.39 is 29.6 Å². The molecule has 0 radical (unpaired) electrons. The third-order valence-electron chi connectivity index (χ3n) is 4.99. The zero-order valence-electron chi connectivity index (χ0n) is 20.5. The molecule has 2 aromatic rings. The fourth-order valence-electron chi connectivity index (χ4n) is 3.19. The fourth-order valence-corrected chi connectivity index (χ4v) is 4.94. The second-order valence-electron chi connectivity index (χ2n) is 8.02. The lowest BCUT2D eigenvalue weighted by molar-refractivity contribution is -0.132. The van der Waals surface area contributed by atoms with Gasteiger partial charge in [-0.15, -0.1) is 23.1 Å². The smallest absolute Gasteiger partial charge is 0.330 e. The Morgan fingerprint density at radius 3 is 2.47 bits per heavy atom. The Labute approximate surface area is 218 Å².